The number of aryl methyl sites for hydroxylation is 1. The molecule has 0 spiro atoms. The fourth-order valence-corrected chi connectivity index (χ4v) is 1.51. The Labute approximate surface area is 93.5 Å². The molecule has 82 valence electrons. The van der Waals surface area contributed by atoms with Crippen LogP contribution >= 0.6 is 0 Å². The fourth-order valence-electron chi connectivity index (χ4n) is 1.51. The number of esters is 1. The van der Waals surface area contributed by atoms with E-state index < -0.39 is 5.97 Å². The molecule has 0 radical (unpaired) electrons. The first-order valence-electron chi connectivity index (χ1n) is 4.93. The molecule has 0 saturated carbocycles. The maximum atomic E-state index is 11.3. The number of nitrogens with zero attached hydrogens (tertiary/aromatic N) is 2. The van der Waals surface area contributed by atoms with Gasteiger partial charge in [-0.25, -0.2) is 9.48 Å². The van der Waals surface area contributed by atoms with Crippen LogP contribution in [0, 0.1) is 6.92 Å². The second-order valence-corrected chi connectivity index (χ2v) is 3.41. The van der Waals surface area contributed by atoms with Crippen molar-refractivity contribution in [2.75, 3.05) is 7.11 Å². The molecule has 0 bridgehead atoms. The zero-order valence-electron chi connectivity index (χ0n) is 9.18. The summed E-state index contributed by atoms with van der Waals surface area (Å²) in [6.45, 7) is 1.90. The first-order valence-corrected chi connectivity index (χ1v) is 4.93. The fraction of sp³-hybridized carbons (Fsp3) is 0.167. The summed E-state index contributed by atoms with van der Waals surface area (Å²) >= 11 is 0. The molecular weight excluding hydrogens is 204 g/mol. The summed E-state index contributed by atoms with van der Waals surface area (Å²) in [6.07, 6.45) is 0. The van der Waals surface area contributed by atoms with Gasteiger partial charge < -0.3 is 4.74 Å². The maximum Gasteiger partial charge on any atom is 0.358 e. The quantitative estimate of drug-likeness (QED) is 0.721. The predicted molar refractivity (Wildman–Crippen MR) is 59.6 cm³/mol. The molecule has 4 nitrogen and oxygen atoms in total. The van der Waals surface area contributed by atoms with Crippen LogP contribution in [0.4, 0.5) is 0 Å². The predicted octanol–water partition coefficient (Wildman–Crippen LogP) is 1.97. The van der Waals surface area contributed by atoms with Gasteiger partial charge in [0.25, 0.3) is 0 Å². The average molecular weight is 216 g/mol. The van der Waals surface area contributed by atoms with Crippen molar-refractivity contribution < 1.29 is 9.53 Å². The van der Waals surface area contributed by atoms with E-state index >= 15 is 0 Å². The van der Waals surface area contributed by atoms with Gasteiger partial charge in [0, 0.05) is 5.69 Å². The highest BCUT2D eigenvalue weighted by atomic mass is 16.5. The van der Waals surface area contributed by atoms with Crippen LogP contribution in [0.3, 0.4) is 0 Å². The van der Waals surface area contributed by atoms with E-state index in [0.29, 0.717) is 5.69 Å². The number of aromatic nitrogens is 2. The standard InChI is InChI=1S/C12H12N2O2/c1-9-8-11(12(15)16-2)13-14(9)10-6-4-3-5-7-10/h3-8H,1-2H3. The van der Waals surface area contributed by atoms with Gasteiger partial charge in [0.1, 0.15) is 0 Å². The summed E-state index contributed by atoms with van der Waals surface area (Å²) in [7, 11) is 1.35. The van der Waals surface area contributed by atoms with E-state index in [1.165, 1.54) is 7.11 Å². The van der Waals surface area contributed by atoms with E-state index in [4.69, 9.17) is 0 Å². The van der Waals surface area contributed by atoms with Gasteiger partial charge in [0.2, 0.25) is 0 Å². The lowest BCUT2D eigenvalue weighted by atomic mass is 10.3. The highest BCUT2D eigenvalue weighted by molar-refractivity contribution is 5.87. The molecule has 1 heterocycles. The van der Waals surface area contributed by atoms with Crippen LogP contribution in [0.2, 0.25) is 0 Å². The van der Waals surface area contributed by atoms with Crippen molar-refractivity contribution in [3.63, 3.8) is 0 Å². The van der Waals surface area contributed by atoms with E-state index in [1.54, 1.807) is 10.7 Å². The molecule has 0 amide bonds. The number of hydrogen-bond donors (Lipinski definition) is 0. The van der Waals surface area contributed by atoms with Gasteiger partial charge in [-0.3, -0.25) is 0 Å². The molecular formula is C12H12N2O2. The molecule has 2 aromatic rings. The normalized spacial score (nSPS) is 10.1. The van der Waals surface area contributed by atoms with Gasteiger partial charge in [0.05, 0.1) is 12.8 Å². The second kappa shape index (κ2) is 4.18. The summed E-state index contributed by atoms with van der Waals surface area (Å²) in [6, 6.07) is 11.4. The van der Waals surface area contributed by atoms with E-state index in [2.05, 4.69) is 9.84 Å². The highest BCUT2D eigenvalue weighted by Gasteiger charge is 2.12. The number of hydrogen-bond acceptors (Lipinski definition) is 3. The van der Waals surface area contributed by atoms with Crippen LogP contribution in [0.15, 0.2) is 36.4 Å². The second-order valence-electron chi connectivity index (χ2n) is 3.41. The van der Waals surface area contributed by atoms with Crippen molar-refractivity contribution in [3.8, 4) is 5.69 Å². The molecule has 0 N–H and O–H groups in total. The number of ether oxygens (including phenoxy) is 1. The summed E-state index contributed by atoms with van der Waals surface area (Å²) in [5.41, 5.74) is 2.14. The molecule has 1 aromatic heterocycles. The third kappa shape index (κ3) is 1.82. The molecule has 1 aromatic carbocycles. The molecule has 0 unspecified atom stereocenters. The molecule has 0 aliphatic heterocycles. The van der Waals surface area contributed by atoms with Crippen molar-refractivity contribution >= 4 is 5.97 Å². The van der Waals surface area contributed by atoms with E-state index in [1.807, 2.05) is 37.3 Å². The Morgan fingerprint density at radius 2 is 2.00 bits per heavy atom. The van der Waals surface area contributed by atoms with Crippen LogP contribution in [-0.2, 0) is 4.74 Å². The van der Waals surface area contributed by atoms with E-state index in [-0.39, 0.29) is 0 Å². The summed E-state index contributed by atoms with van der Waals surface area (Å²) in [5.74, 6) is -0.419. The third-order valence-corrected chi connectivity index (χ3v) is 2.28. The Morgan fingerprint density at radius 1 is 1.31 bits per heavy atom. The van der Waals surface area contributed by atoms with Crippen LogP contribution in [-0.4, -0.2) is 22.9 Å². The minimum Gasteiger partial charge on any atom is -0.464 e. The molecule has 0 aliphatic carbocycles. The van der Waals surface area contributed by atoms with E-state index in [0.717, 1.165) is 11.4 Å². The number of methoxy groups -OCH3 is 1. The SMILES string of the molecule is COC(=O)c1cc(C)n(-c2ccccc2)n1. The molecule has 0 aliphatic rings. The molecule has 4 heteroatoms. The van der Waals surface area contributed by atoms with Gasteiger partial charge in [0.15, 0.2) is 5.69 Å². The van der Waals surface area contributed by atoms with Crippen LogP contribution in [0.5, 0.6) is 0 Å². The van der Waals surface area contributed by atoms with Crippen molar-refractivity contribution in [1.82, 2.24) is 9.78 Å². The Kier molecular flexibility index (Phi) is 2.72. The minimum absolute atomic E-state index is 0.323. The van der Waals surface area contributed by atoms with Gasteiger partial charge in [-0.1, -0.05) is 18.2 Å². The Hall–Kier alpha value is -2.10. The van der Waals surface area contributed by atoms with Crippen molar-refractivity contribution in [3.05, 3.63) is 47.8 Å². The first-order chi connectivity index (χ1) is 7.72. The van der Waals surface area contributed by atoms with Crippen LogP contribution in [0.1, 0.15) is 16.2 Å². The Morgan fingerprint density at radius 3 is 2.62 bits per heavy atom. The topological polar surface area (TPSA) is 44.1 Å². The highest BCUT2D eigenvalue weighted by Crippen LogP contribution is 2.11. The number of benzene rings is 1. The summed E-state index contributed by atoms with van der Waals surface area (Å²) in [5, 5.41) is 4.19. The average Bonchev–Trinajstić information content (AvgIpc) is 2.71. The molecule has 0 atom stereocenters. The number of carbonyl (C=O) groups is 1. The first kappa shape index (κ1) is 10.4. The maximum absolute atomic E-state index is 11.3. The van der Waals surface area contributed by atoms with Gasteiger partial charge in [-0.2, -0.15) is 5.10 Å². The zero-order valence-corrected chi connectivity index (χ0v) is 9.18. The van der Waals surface area contributed by atoms with Gasteiger partial charge in [-0.05, 0) is 25.1 Å². The smallest absolute Gasteiger partial charge is 0.358 e. The lowest BCUT2D eigenvalue weighted by molar-refractivity contribution is 0.0593. The minimum atomic E-state index is -0.419. The van der Waals surface area contributed by atoms with Crippen molar-refractivity contribution in [2.24, 2.45) is 0 Å². The van der Waals surface area contributed by atoms with Gasteiger partial charge >= 0.3 is 5.97 Å². The van der Waals surface area contributed by atoms with E-state index in [9.17, 15) is 4.79 Å². The van der Waals surface area contributed by atoms with Gasteiger partial charge in [-0.15, -0.1) is 0 Å². The Bertz CT molecular complexity index is 503. The summed E-state index contributed by atoms with van der Waals surface area (Å²) in [4.78, 5) is 11.3. The monoisotopic (exact) mass is 216 g/mol. The van der Waals surface area contributed by atoms with Crippen LogP contribution < -0.4 is 0 Å². The lowest BCUT2D eigenvalue weighted by Gasteiger charge is -2.02. The lowest BCUT2D eigenvalue weighted by Crippen LogP contribution is -2.04. The third-order valence-electron chi connectivity index (χ3n) is 2.28. The molecule has 2 rings (SSSR count). The molecule has 16 heavy (non-hydrogen) atoms. The summed E-state index contributed by atoms with van der Waals surface area (Å²) < 4.78 is 6.34. The zero-order chi connectivity index (χ0) is 11.5. The van der Waals surface area contributed by atoms with Crippen LogP contribution in [0.25, 0.3) is 5.69 Å². The van der Waals surface area contributed by atoms with Crippen molar-refractivity contribution in [2.45, 2.75) is 6.92 Å². The van der Waals surface area contributed by atoms with Crippen molar-refractivity contribution in [1.29, 1.82) is 0 Å². The number of carbonyl (C=O) groups excluding carboxylic acids is 1. The number of para-hydroxylation sites is 1. The number of rotatable bonds is 2. The largest absolute Gasteiger partial charge is 0.464 e. The Balaban J connectivity index is 2.44. The molecule has 0 fully saturated rings. The molecule has 0 saturated heterocycles.